The van der Waals surface area contributed by atoms with Crippen molar-refractivity contribution in [1.29, 1.82) is 0 Å². The summed E-state index contributed by atoms with van der Waals surface area (Å²) < 4.78 is 31.9. The summed E-state index contributed by atoms with van der Waals surface area (Å²) >= 11 is 1.14. The fraction of sp³-hybridized carbons (Fsp3) is 0.267. The number of rotatable bonds is 7. The summed E-state index contributed by atoms with van der Waals surface area (Å²) in [6, 6.07) is 9.36. The van der Waals surface area contributed by atoms with E-state index in [2.05, 4.69) is 10.0 Å². The summed E-state index contributed by atoms with van der Waals surface area (Å²) in [7, 11) is -2.01. The van der Waals surface area contributed by atoms with Crippen LogP contribution in [0.5, 0.6) is 0 Å². The number of ether oxygens (including phenoxy) is 1. The highest BCUT2D eigenvalue weighted by molar-refractivity contribution is 7.94. The maximum atomic E-state index is 12.1. The highest BCUT2D eigenvalue weighted by Gasteiger charge is 2.15. The number of thiophene rings is 1. The highest BCUT2D eigenvalue weighted by Crippen LogP contribution is 2.20. The van der Waals surface area contributed by atoms with Gasteiger partial charge in [0.2, 0.25) is 0 Å². The highest BCUT2D eigenvalue weighted by atomic mass is 32.2. The van der Waals surface area contributed by atoms with E-state index in [1.807, 2.05) is 6.92 Å². The summed E-state index contributed by atoms with van der Waals surface area (Å²) in [5.41, 5.74) is 0.854. The van der Waals surface area contributed by atoms with E-state index in [1.165, 1.54) is 6.07 Å². The van der Waals surface area contributed by atoms with Gasteiger partial charge in [-0.1, -0.05) is 6.07 Å². The fourth-order valence-electron chi connectivity index (χ4n) is 1.91. The lowest BCUT2D eigenvalue weighted by molar-refractivity contribution is 0.0905. The van der Waals surface area contributed by atoms with Gasteiger partial charge in [-0.3, -0.25) is 9.52 Å². The normalized spacial score (nSPS) is 12.6. The molecule has 23 heavy (non-hydrogen) atoms. The Morgan fingerprint density at radius 3 is 2.52 bits per heavy atom. The molecule has 0 radical (unpaired) electrons. The van der Waals surface area contributed by atoms with Crippen molar-refractivity contribution < 1.29 is 17.9 Å². The molecule has 0 aliphatic heterocycles. The zero-order valence-electron chi connectivity index (χ0n) is 12.8. The Bertz CT molecular complexity index is 740. The predicted octanol–water partition coefficient (Wildman–Crippen LogP) is 2.31. The molecule has 2 rings (SSSR count). The number of sulfonamides is 1. The van der Waals surface area contributed by atoms with E-state index in [4.69, 9.17) is 4.74 Å². The predicted molar refractivity (Wildman–Crippen MR) is 90.4 cm³/mol. The molecule has 1 aromatic carbocycles. The van der Waals surface area contributed by atoms with Crippen molar-refractivity contribution in [2.75, 3.05) is 18.4 Å². The Morgan fingerprint density at radius 2 is 1.96 bits per heavy atom. The van der Waals surface area contributed by atoms with Crippen LogP contribution in [0.1, 0.15) is 17.3 Å². The monoisotopic (exact) mass is 354 g/mol. The minimum atomic E-state index is -3.58. The average Bonchev–Trinajstić information content (AvgIpc) is 3.03. The molecule has 0 aliphatic carbocycles. The van der Waals surface area contributed by atoms with Crippen LogP contribution >= 0.6 is 11.3 Å². The number of anilines is 1. The largest absolute Gasteiger partial charge is 0.383 e. The Morgan fingerprint density at radius 1 is 1.26 bits per heavy atom. The molecular formula is C15H18N2O4S2. The summed E-state index contributed by atoms with van der Waals surface area (Å²) in [4.78, 5) is 12.0. The number of benzene rings is 1. The number of amides is 1. The quantitative estimate of drug-likeness (QED) is 0.799. The molecule has 124 valence electrons. The van der Waals surface area contributed by atoms with Crippen molar-refractivity contribution in [3.8, 4) is 0 Å². The third-order valence-corrected chi connectivity index (χ3v) is 5.73. The molecule has 2 aromatic rings. The Kier molecular flexibility index (Phi) is 5.75. The zero-order chi connectivity index (χ0) is 16.9. The SMILES string of the molecule is COCC(C)NC(=O)c1ccc(NS(=O)(=O)c2cccs2)cc1. The molecule has 1 aromatic heterocycles. The minimum absolute atomic E-state index is 0.107. The molecule has 8 heteroatoms. The Hall–Kier alpha value is -1.90. The van der Waals surface area contributed by atoms with Crippen LogP contribution in [-0.2, 0) is 14.8 Å². The number of hydrogen-bond donors (Lipinski definition) is 2. The van der Waals surface area contributed by atoms with Crippen molar-refractivity contribution in [2.24, 2.45) is 0 Å². The maximum absolute atomic E-state index is 12.1. The maximum Gasteiger partial charge on any atom is 0.271 e. The van der Waals surface area contributed by atoms with E-state index in [1.54, 1.807) is 42.8 Å². The van der Waals surface area contributed by atoms with Crippen LogP contribution in [0, 0.1) is 0 Å². The average molecular weight is 354 g/mol. The second-order valence-electron chi connectivity index (χ2n) is 4.94. The van der Waals surface area contributed by atoms with E-state index >= 15 is 0 Å². The Labute approximate surface area is 139 Å². The minimum Gasteiger partial charge on any atom is -0.383 e. The number of methoxy groups -OCH3 is 1. The van der Waals surface area contributed by atoms with Crippen molar-refractivity contribution >= 4 is 33.0 Å². The van der Waals surface area contributed by atoms with Crippen LogP contribution in [0.2, 0.25) is 0 Å². The molecule has 0 fully saturated rings. The van der Waals surface area contributed by atoms with Gasteiger partial charge in [0, 0.05) is 24.4 Å². The number of carbonyl (C=O) groups excluding carboxylic acids is 1. The van der Waals surface area contributed by atoms with Crippen LogP contribution in [0.25, 0.3) is 0 Å². The van der Waals surface area contributed by atoms with E-state index < -0.39 is 10.0 Å². The first-order chi connectivity index (χ1) is 10.9. The van der Waals surface area contributed by atoms with E-state index in [-0.39, 0.29) is 16.2 Å². The van der Waals surface area contributed by atoms with Crippen molar-refractivity contribution in [2.45, 2.75) is 17.2 Å². The van der Waals surface area contributed by atoms with Gasteiger partial charge in [0.1, 0.15) is 4.21 Å². The van der Waals surface area contributed by atoms with Gasteiger partial charge in [0.25, 0.3) is 15.9 Å². The molecule has 0 bridgehead atoms. The van der Waals surface area contributed by atoms with Gasteiger partial charge in [0.05, 0.1) is 6.61 Å². The van der Waals surface area contributed by atoms with Crippen LogP contribution < -0.4 is 10.0 Å². The van der Waals surface area contributed by atoms with Gasteiger partial charge >= 0.3 is 0 Å². The standard InChI is InChI=1S/C15H18N2O4S2/c1-11(10-21-2)16-15(18)12-5-7-13(8-6-12)17-23(19,20)14-4-3-9-22-14/h3-9,11,17H,10H2,1-2H3,(H,16,18). The number of carbonyl (C=O) groups is 1. The molecule has 0 saturated heterocycles. The zero-order valence-corrected chi connectivity index (χ0v) is 14.4. The number of nitrogens with one attached hydrogen (secondary N) is 2. The Balaban J connectivity index is 2.04. The van der Waals surface area contributed by atoms with E-state index in [0.717, 1.165) is 11.3 Å². The lowest BCUT2D eigenvalue weighted by atomic mass is 10.2. The molecule has 1 unspecified atom stereocenters. The number of hydrogen-bond acceptors (Lipinski definition) is 5. The summed E-state index contributed by atoms with van der Waals surface area (Å²) in [5.74, 6) is -0.234. The third-order valence-electron chi connectivity index (χ3n) is 2.95. The molecule has 0 spiro atoms. The smallest absolute Gasteiger partial charge is 0.271 e. The van der Waals surface area contributed by atoms with Gasteiger partial charge in [0.15, 0.2) is 0 Å². The summed E-state index contributed by atoms with van der Waals surface area (Å²) in [6.07, 6.45) is 0. The molecule has 1 amide bonds. The van der Waals surface area contributed by atoms with Gasteiger partial charge < -0.3 is 10.1 Å². The summed E-state index contributed by atoms with van der Waals surface area (Å²) in [6.45, 7) is 2.26. The summed E-state index contributed by atoms with van der Waals surface area (Å²) in [5, 5.41) is 4.48. The van der Waals surface area contributed by atoms with Crippen LogP contribution in [-0.4, -0.2) is 34.1 Å². The van der Waals surface area contributed by atoms with Crippen LogP contribution in [0.3, 0.4) is 0 Å². The van der Waals surface area contributed by atoms with Gasteiger partial charge in [-0.15, -0.1) is 11.3 Å². The van der Waals surface area contributed by atoms with Crippen molar-refractivity contribution in [3.63, 3.8) is 0 Å². The van der Waals surface area contributed by atoms with E-state index in [0.29, 0.717) is 17.9 Å². The molecule has 6 nitrogen and oxygen atoms in total. The third kappa shape index (κ3) is 4.78. The van der Waals surface area contributed by atoms with Gasteiger partial charge in [-0.25, -0.2) is 8.42 Å². The van der Waals surface area contributed by atoms with Gasteiger partial charge in [-0.2, -0.15) is 0 Å². The van der Waals surface area contributed by atoms with Crippen molar-refractivity contribution in [3.05, 3.63) is 47.3 Å². The van der Waals surface area contributed by atoms with Crippen LogP contribution in [0.4, 0.5) is 5.69 Å². The second kappa shape index (κ2) is 7.58. The first-order valence-corrected chi connectivity index (χ1v) is 9.25. The first-order valence-electron chi connectivity index (χ1n) is 6.88. The lowest BCUT2D eigenvalue weighted by Crippen LogP contribution is -2.35. The van der Waals surface area contributed by atoms with Crippen molar-refractivity contribution in [1.82, 2.24) is 5.32 Å². The molecule has 1 heterocycles. The molecule has 0 saturated carbocycles. The molecule has 0 aliphatic rings. The van der Waals surface area contributed by atoms with Crippen LogP contribution in [0.15, 0.2) is 46.0 Å². The molecule has 2 N–H and O–H groups in total. The second-order valence-corrected chi connectivity index (χ2v) is 7.80. The van der Waals surface area contributed by atoms with Gasteiger partial charge in [-0.05, 0) is 42.6 Å². The molecular weight excluding hydrogens is 336 g/mol. The molecule has 1 atom stereocenters. The topological polar surface area (TPSA) is 84.5 Å². The first kappa shape index (κ1) is 17.5. The fourth-order valence-corrected chi connectivity index (χ4v) is 3.96. The van der Waals surface area contributed by atoms with E-state index in [9.17, 15) is 13.2 Å². The lowest BCUT2D eigenvalue weighted by Gasteiger charge is -2.13.